The number of hydrogen-bond donors (Lipinski definition) is 2. The number of amides is 2. The molecular formula is C16H14ClN3O2. The van der Waals surface area contributed by atoms with Crippen molar-refractivity contribution < 1.29 is 9.59 Å². The zero-order chi connectivity index (χ0) is 15.5. The lowest BCUT2D eigenvalue weighted by atomic mass is 10.1. The molecule has 112 valence electrons. The summed E-state index contributed by atoms with van der Waals surface area (Å²) in [6.45, 7) is 0. The number of hydrogen-bond acceptors (Lipinski definition) is 3. The van der Waals surface area contributed by atoms with Gasteiger partial charge in [-0.05, 0) is 37.1 Å². The van der Waals surface area contributed by atoms with Crippen LogP contribution in [0, 0.1) is 0 Å². The number of nitrogens with zero attached hydrogens (tertiary/aromatic N) is 1. The lowest BCUT2D eigenvalue weighted by molar-refractivity contribution is 0.0952. The topological polar surface area (TPSA) is 71.1 Å². The molecule has 1 fully saturated rings. The van der Waals surface area contributed by atoms with Gasteiger partial charge in [0.1, 0.15) is 5.15 Å². The van der Waals surface area contributed by atoms with Crippen molar-refractivity contribution in [2.45, 2.75) is 18.9 Å². The van der Waals surface area contributed by atoms with Crippen LogP contribution in [0.3, 0.4) is 0 Å². The third kappa shape index (κ3) is 3.43. The smallest absolute Gasteiger partial charge is 0.257 e. The van der Waals surface area contributed by atoms with Gasteiger partial charge in [0.05, 0.1) is 16.8 Å². The van der Waals surface area contributed by atoms with Crippen LogP contribution in [0.1, 0.15) is 33.6 Å². The van der Waals surface area contributed by atoms with Gasteiger partial charge in [-0.25, -0.2) is 4.98 Å². The van der Waals surface area contributed by atoms with Crippen molar-refractivity contribution in [1.82, 2.24) is 10.3 Å². The summed E-state index contributed by atoms with van der Waals surface area (Å²) in [6.07, 6.45) is 3.41. The van der Waals surface area contributed by atoms with E-state index in [1.165, 1.54) is 6.20 Å². The molecule has 0 saturated heterocycles. The van der Waals surface area contributed by atoms with Crippen molar-refractivity contribution in [2.24, 2.45) is 0 Å². The Bertz CT molecular complexity index is 712. The maximum atomic E-state index is 12.2. The van der Waals surface area contributed by atoms with Crippen LogP contribution in [0.25, 0.3) is 0 Å². The molecule has 1 aliphatic rings. The molecule has 0 radical (unpaired) electrons. The van der Waals surface area contributed by atoms with Gasteiger partial charge in [0.15, 0.2) is 0 Å². The van der Waals surface area contributed by atoms with Crippen molar-refractivity contribution in [3.05, 3.63) is 58.9 Å². The van der Waals surface area contributed by atoms with E-state index in [1.54, 1.807) is 36.4 Å². The highest BCUT2D eigenvalue weighted by molar-refractivity contribution is 6.29. The van der Waals surface area contributed by atoms with Crippen molar-refractivity contribution in [2.75, 3.05) is 5.32 Å². The van der Waals surface area contributed by atoms with Crippen molar-refractivity contribution in [3.63, 3.8) is 0 Å². The molecule has 0 unspecified atom stereocenters. The molecule has 6 heteroatoms. The summed E-state index contributed by atoms with van der Waals surface area (Å²) < 4.78 is 0. The summed E-state index contributed by atoms with van der Waals surface area (Å²) in [6, 6.07) is 10.3. The second kappa shape index (κ2) is 6.15. The zero-order valence-electron chi connectivity index (χ0n) is 11.7. The molecule has 1 aromatic heterocycles. The van der Waals surface area contributed by atoms with E-state index in [0.717, 1.165) is 12.8 Å². The van der Waals surface area contributed by atoms with Gasteiger partial charge in [-0.15, -0.1) is 0 Å². The van der Waals surface area contributed by atoms with Crippen LogP contribution in [-0.2, 0) is 0 Å². The number of nitrogens with one attached hydrogen (secondary N) is 2. The fourth-order valence-corrected chi connectivity index (χ4v) is 2.10. The quantitative estimate of drug-likeness (QED) is 0.852. The van der Waals surface area contributed by atoms with Crippen LogP contribution in [0.15, 0.2) is 42.6 Å². The van der Waals surface area contributed by atoms with Crippen LogP contribution in [0.5, 0.6) is 0 Å². The first kappa shape index (κ1) is 14.5. The van der Waals surface area contributed by atoms with Gasteiger partial charge in [0.2, 0.25) is 0 Å². The summed E-state index contributed by atoms with van der Waals surface area (Å²) in [5, 5.41) is 5.97. The maximum absolute atomic E-state index is 12.2. The molecule has 2 amide bonds. The summed E-state index contributed by atoms with van der Waals surface area (Å²) >= 11 is 5.70. The number of benzene rings is 1. The highest BCUT2D eigenvalue weighted by atomic mass is 35.5. The predicted octanol–water partition coefficient (Wildman–Crippen LogP) is 2.88. The Balaban J connectivity index is 1.78. The molecule has 5 nitrogen and oxygen atoms in total. The third-order valence-corrected chi connectivity index (χ3v) is 3.55. The normalized spacial score (nSPS) is 13.5. The van der Waals surface area contributed by atoms with Gasteiger partial charge >= 0.3 is 0 Å². The Hall–Kier alpha value is -2.40. The molecule has 1 heterocycles. The van der Waals surface area contributed by atoms with E-state index >= 15 is 0 Å². The Morgan fingerprint density at radius 2 is 1.86 bits per heavy atom. The molecule has 0 spiro atoms. The highest BCUT2D eigenvalue weighted by Gasteiger charge is 2.25. The maximum Gasteiger partial charge on any atom is 0.257 e. The lowest BCUT2D eigenvalue weighted by Crippen LogP contribution is -2.27. The molecule has 2 aromatic rings. The Morgan fingerprint density at radius 1 is 1.09 bits per heavy atom. The standard InChI is InChI=1S/C16H14ClN3O2/c17-14-8-5-10(9-18-14)15(21)20-13-4-2-1-3-12(13)16(22)19-11-6-7-11/h1-5,8-9,11H,6-7H2,(H,19,22)(H,20,21). The Morgan fingerprint density at radius 3 is 2.55 bits per heavy atom. The molecule has 1 saturated carbocycles. The van der Waals surface area contributed by atoms with Gasteiger partial charge < -0.3 is 10.6 Å². The predicted molar refractivity (Wildman–Crippen MR) is 84.1 cm³/mol. The average molecular weight is 316 g/mol. The van der Waals surface area contributed by atoms with Crippen LogP contribution >= 0.6 is 11.6 Å². The number of anilines is 1. The first-order valence-corrected chi connectivity index (χ1v) is 7.34. The van der Waals surface area contributed by atoms with E-state index in [0.29, 0.717) is 22.0 Å². The molecule has 1 aromatic carbocycles. The van der Waals surface area contributed by atoms with E-state index in [2.05, 4.69) is 15.6 Å². The number of halogens is 1. The number of pyridine rings is 1. The lowest BCUT2D eigenvalue weighted by Gasteiger charge is -2.11. The minimum absolute atomic E-state index is 0.173. The molecule has 1 aliphatic carbocycles. The minimum atomic E-state index is -0.337. The molecule has 0 bridgehead atoms. The van der Waals surface area contributed by atoms with Gasteiger partial charge in [-0.2, -0.15) is 0 Å². The number of para-hydroxylation sites is 1. The second-order valence-electron chi connectivity index (χ2n) is 5.12. The van der Waals surface area contributed by atoms with Gasteiger partial charge in [0.25, 0.3) is 11.8 Å². The fourth-order valence-electron chi connectivity index (χ4n) is 1.99. The SMILES string of the molecule is O=C(Nc1ccccc1C(=O)NC1CC1)c1ccc(Cl)nc1. The van der Waals surface area contributed by atoms with Gasteiger partial charge in [-0.3, -0.25) is 9.59 Å². The summed E-state index contributed by atoms with van der Waals surface area (Å²) in [7, 11) is 0. The van der Waals surface area contributed by atoms with Crippen LogP contribution in [0.4, 0.5) is 5.69 Å². The van der Waals surface area contributed by atoms with E-state index in [-0.39, 0.29) is 17.9 Å². The van der Waals surface area contributed by atoms with Crippen LogP contribution in [0.2, 0.25) is 5.15 Å². The van der Waals surface area contributed by atoms with E-state index in [1.807, 2.05) is 0 Å². The fraction of sp³-hybridized carbons (Fsp3) is 0.188. The molecular weight excluding hydrogens is 302 g/mol. The zero-order valence-corrected chi connectivity index (χ0v) is 12.4. The van der Waals surface area contributed by atoms with Gasteiger partial charge in [0, 0.05) is 12.2 Å². The van der Waals surface area contributed by atoms with Crippen molar-refractivity contribution in [1.29, 1.82) is 0 Å². The Labute approximate surface area is 132 Å². The monoisotopic (exact) mass is 315 g/mol. The number of aromatic nitrogens is 1. The first-order valence-electron chi connectivity index (χ1n) is 6.96. The average Bonchev–Trinajstić information content (AvgIpc) is 3.32. The molecule has 22 heavy (non-hydrogen) atoms. The molecule has 0 aliphatic heterocycles. The second-order valence-corrected chi connectivity index (χ2v) is 5.50. The Kier molecular flexibility index (Phi) is 4.06. The molecule has 0 atom stereocenters. The summed E-state index contributed by atoms with van der Waals surface area (Å²) in [4.78, 5) is 28.3. The van der Waals surface area contributed by atoms with Crippen molar-refractivity contribution in [3.8, 4) is 0 Å². The van der Waals surface area contributed by atoms with E-state index in [4.69, 9.17) is 11.6 Å². The molecule has 3 rings (SSSR count). The van der Waals surface area contributed by atoms with Gasteiger partial charge in [-0.1, -0.05) is 23.7 Å². The van der Waals surface area contributed by atoms with Crippen LogP contribution < -0.4 is 10.6 Å². The first-order chi connectivity index (χ1) is 10.6. The highest BCUT2D eigenvalue weighted by Crippen LogP contribution is 2.22. The number of rotatable bonds is 4. The van der Waals surface area contributed by atoms with Crippen LogP contribution in [-0.4, -0.2) is 22.8 Å². The third-order valence-electron chi connectivity index (χ3n) is 3.32. The summed E-state index contributed by atoms with van der Waals surface area (Å²) in [5.41, 5.74) is 1.30. The van der Waals surface area contributed by atoms with E-state index in [9.17, 15) is 9.59 Å². The largest absolute Gasteiger partial charge is 0.349 e. The number of carbonyl (C=O) groups is 2. The minimum Gasteiger partial charge on any atom is -0.349 e. The number of carbonyl (C=O) groups excluding carboxylic acids is 2. The molecule has 2 N–H and O–H groups in total. The summed E-state index contributed by atoms with van der Waals surface area (Å²) in [5.74, 6) is -0.511. The van der Waals surface area contributed by atoms with E-state index < -0.39 is 0 Å². The van der Waals surface area contributed by atoms with Crippen molar-refractivity contribution >= 4 is 29.1 Å².